The fourth-order valence-electron chi connectivity index (χ4n) is 2.62. The molecular weight excluding hydrogens is 272 g/mol. The van der Waals surface area contributed by atoms with Gasteiger partial charge in [0.1, 0.15) is 12.2 Å². The van der Waals surface area contributed by atoms with E-state index in [0.717, 1.165) is 16.5 Å². The molecule has 0 unspecified atom stereocenters. The van der Waals surface area contributed by atoms with Crippen molar-refractivity contribution in [1.29, 1.82) is 0 Å². The zero-order valence-electron chi connectivity index (χ0n) is 11.5. The van der Waals surface area contributed by atoms with Crippen molar-refractivity contribution in [2.45, 2.75) is 24.7 Å². The molecule has 1 aromatic heterocycles. The predicted octanol–water partition coefficient (Wildman–Crippen LogP) is -0.0528. The minimum Gasteiger partial charge on any atom is -0.388 e. The molecule has 1 aliphatic rings. The van der Waals surface area contributed by atoms with Gasteiger partial charge in [-0.1, -0.05) is 18.2 Å². The van der Waals surface area contributed by atoms with Crippen LogP contribution >= 0.6 is 0 Å². The van der Waals surface area contributed by atoms with Crippen molar-refractivity contribution in [3.63, 3.8) is 0 Å². The smallest absolute Gasteiger partial charge is 0.224 e. The van der Waals surface area contributed by atoms with E-state index in [0.29, 0.717) is 0 Å². The van der Waals surface area contributed by atoms with E-state index in [1.54, 1.807) is 0 Å². The fraction of sp³-hybridized carbons (Fsp3) is 0.400. The number of H-pyrrole nitrogens is 1. The molecule has 1 amide bonds. The van der Waals surface area contributed by atoms with E-state index >= 15 is 0 Å². The number of hydrogen-bond acceptors (Lipinski definition) is 4. The minimum atomic E-state index is -0.995. The van der Waals surface area contributed by atoms with Gasteiger partial charge in [-0.15, -0.1) is 0 Å². The third-order valence-electron chi connectivity index (χ3n) is 3.76. The van der Waals surface area contributed by atoms with Gasteiger partial charge < -0.3 is 25.3 Å². The van der Waals surface area contributed by atoms with Gasteiger partial charge in [-0.3, -0.25) is 4.79 Å². The summed E-state index contributed by atoms with van der Waals surface area (Å²) in [5.41, 5.74) is 1.88. The first-order valence-electron chi connectivity index (χ1n) is 6.93. The van der Waals surface area contributed by atoms with Crippen LogP contribution in [0.2, 0.25) is 0 Å². The average molecular weight is 290 g/mol. The monoisotopic (exact) mass is 290 g/mol. The Hall–Kier alpha value is -1.89. The first-order chi connectivity index (χ1) is 10.1. The van der Waals surface area contributed by atoms with E-state index in [1.165, 1.54) is 0 Å². The molecule has 1 aromatic carbocycles. The highest BCUT2D eigenvalue weighted by Crippen LogP contribution is 2.18. The van der Waals surface area contributed by atoms with E-state index in [1.807, 2.05) is 30.5 Å². The number of carbonyl (C=O) groups excluding carboxylic acids is 1. The number of aromatic nitrogens is 1. The summed E-state index contributed by atoms with van der Waals surface area (Å²) in [4.78, 5) is 15.2. The molecule has 0 radical (unpaired) electrons. The van der Waals surface area contributed by atoms with E-state index in [2.05, 4.69) is 10.3 Å². The molecule has 3 atom stereocenters. The molecule has 0 saturated carbocycles. The normalized spacial score (nSPS) is 25.9. The molecule has 112 valence electrons. The number of carbonyl (C=O) groups is 1. The summed E-state index contributed by atoms with van der Waals surface area (Å²) in [5, 5.41) is 23.1. The zero-order valence-corrected chi connectivity index (χ0v) is 11.5. The van der Waals surface area contributed by atoms with Crippen molar-refractivity contribution in [2.75, 3.05) is 13.2 Å². The molecule has 1 saturated heterocycles. The van der Waals surface area contributed by atoms with Gasteiger partial charge in [0, 0.05) is 17.1 Å². The number of amides is 1. The molecular formula is C15H18N2O4. The Balaban J connectivity index is 1.66. The van der Waals surface area contributed by atoms with Crippen molar-refractivity contribution in [1.82, 2.24) is 10.3 Å². The number of aromatic amines is 1. The Morgan fingerprint density at radius 3 is 3.00 bits per heavy atom. The van der Waals surface area contributed by atoms with Gasteiger partial charge in [-0.25, -0.2) is 0 Å². The molecule has 2 aromatic rings. The van der Waals surface area contributed by atoms with Gasteiger partial charge in [0.05, 0.1) is 25.7 Å². The lowest BCUT2D eigenvalue weighted by molar-refractivity contribution is -0.131. The summed E-state index contributed by atoms with van der Waals surface area (Å²) in [6.07, 6.45) is 0.0683. The maximum atomic E-state index is 12.1. The number of rotatable bonds is 3. The highest BCUT2D eigenvalue weighted by molar-refractivity contribution is 5.88. The number of ether oxygens (including phenoxy) is 1. The Morgan fingerprint density at radius 2 is 2.14 bits per heavy atom. The third kappa shape index (κ3) is 2.92. The summed E-state index contributed by atoms with van der Waals surface area (Å²) in [6, 6.07) is 7.18. The van der Waals surface area contributed by atoms with Gasteiger partial charge in [0.15, 0.2) is 0 Å². The Kier molecular flexibility index (Phi) is 3.92. The quantitative estimate of drug-likeness (QED) is 0.637. The van der Waals surface area contributed by atoms with E-state index in [4.69, 9.17) is 4.74 Å². The second-order valence-electron chi connectivity index (χ2n) is 5.31. The Labute approximate surface area is 121 Å². The molecule has 21 heavy (non-hydrogen) atoms. The standard InChI is InChI=1S/C15H18N2O4/c18-13-8-21-7-12(15(13)20)17-14(19)5-9-6-16-11-4-2-1-3-10(9)11/h1-4,6,12-13,15-16,18,20H,5,7-8H2,(H,17,19)/t12-,13-,15+/m1/s1. The molecule has 1 aliphatic heterocycles. The lowest BCUT2D eigenvalue weighted by Crippen LogP contribution is -2.56. The van der Waals surface area contributed by atoms with Crippen LogP contribution in [0.25, 0.3) is 10.9 Å². The van der Waals surface area contributed by atoms with Crippen LogP contribution in [0.5, 0.6) is 0 Å². The van der Waals surface area contributed by atoms with E-state index in [-0.39, 0.29) is 25.5 Å². The maximum absolute atomic E-state index is 12.1. The van der Waals surface area contributed by atoms with Crippen LogP contribution in [-0.2, 0) is 16.0 Å². The number of aliphatic hydroxyl groups is 2. The zero-order chi connectivity index (χ0) is 14.8. The summed E-state index contributed by atoms with van der Waals surface area (Å²) in [7, 11) is 0. The number of hydrogen-bond donors (Lipinski definition) is 4. The van der Waals surface area contributed by atoms with Gasteiger partial charge in [0.25, 0.3) is 0 Å². The summed E-state index contributed by atoms with van der Waals surface area (Å²) < 4.78 is 5.14. The van der Waals surface area contributed by atoms with Gasteiger partial charge >= 0.3 is 0 Å². The molecule has 1 fully saturated rings. The maximum Gasteiger partial charge on any atom is 0.224 e. The fourth-order valence-corrected chi connectivity index (χ4v) is 2.62. The number of fused-ring (bicyclic) bond motifs is 1. The summed E-state index contributed by atoms with van der Waals surface area (Å²) >= 11 is 0. The van der Waals surface area contributed by atoms with Crippen LogP contribution < -0.4 is 5.32 Å². The average Bonchev–Trinajstić information content (AvgIpc) is 2.87. The van der Waals surface area contributed by atoms with Gasteiger partial charge in [0.2, 0.25) is 5.91 Å². The van der Waals surface area contributed by atoms with E-state index in [9.17, 15) is 15.0 Å². The Morgan fingerprint density at radius 1 is 1.33 bits per heavy atom. The molecule has 3 rings (SSSR count). The number of aliphatic hydroxyl groups excluding tert-OH is 2. The number of nitrogens with one attached hydrogen (secondary N) is 2. The first kappa shape index (κ1) is 14.1. The van der Waals surface area contributed by atoms with Crippen LogP contribution in [0.15, 0.2) is 30.5 Å². The van der Waals surface area contributed by atoms with Crippen LogP contribution in [0.3, 0.4) is 0 Å². The highest BCUT2D eigenvalue weighted by atomic mass is 16.5. The second-order valence-corrected chi connectivity index (χ2v) is 5.31. The molecule has 2 heterocycles. The molecule has 0 bridgehead atoms. The summed E-state index contributed by atoms with van der Waals surface area (Å²) in [5.74, 6) is -0.207. The van der Waals surface area contributed by atoms with Crippen molar-refractivity contribution in [3.05, 3.63) is 36.0 Å². The van der Waals surface area contributed by atoms with Crippen LogP contribution in [0.1, 0.15) is 5.56 Å². The highest BCUT2D eigenvalue weighted by Gasteiger charge is 2.32. The number of benzene rings is 1. The minimum absolute atomic E-state index is 0.0932. The lowest BCUT2D eigenvalue weighted by Gasteiger charge is -2.32. The van der Waals surface area contributed by atoms with Crippen molar-refractivity contribution < 1.29 is 19.7 Å². The molecule has 4 N–H and O–H groups in total. The van der Waals surface area contributed by atoms with Crippen molar-refractivity contribution in [2.24, 2.45) is 0 Å². The first-order valence-corrected chi connectivity index (χ1v) is 6.93. The van der Waals surface area contributed by atoms with Crippen molar-refractivity contribution >= 4 is 16.8 Å². The largest absolute Gasteiger partial charge is 0.388 e. The second kappa shape index (κ2) is 5.85. The predicted molar refractivity (Wildman–Crippen MR) is 76.8 cm³/mol. The molecule has 0 aliphatic carbocycles. The number of para-hydroxylation sites is 1. The topological polar surface area (TPSA) is 94.6 Å². The Bertz CT molecular complexity index is 639. The molecule has 6 nitrogen and oxygen atoms in total. The SMILES string of the molecule is O=C(Cc1c[nH]c2ccccc12)N[C@@H]1COC[C@@H](O)[C@H]1O. The molecule has 6 heteroatoms. The van der Waals surface area contributed by atoms with Crippen LogP contribution in [-0.4, -0.2) is 52.6 Å². The van der Waals surface area contributed by atoms with Crippen molar-refractivity contribution in [3.8, 4) is 0 Å². The molecule has 0 spiro atoms. The van der Waals surface area contributed by atoms with Gasteiger partial charge in [-0.2, -0.15) is 0 Å². The third-order valence-corrected chi connectivity index (χ3v) is 3.76. The van der Waals surface area contributed by atoms with Crippen LogP contribution in [0, 0.1) is 0 Å². The van der Waals surface area contributed by atoms with Gasteiger partial charge in [-0.05, 0) is 11.6 Å². The van der Waals surface area contributed by atoms with E-state index < -0.39 is 18.2 Å². The summed E-state index contributed by atoms with van der Waals surface area (Å²) in [6.45, 7) is 0.299. The van der Waals surface area contributed by atoms with Crippen LogP contribution in [0.4, 0.5) is 0 Å². The lowest BCUT2D eigenvalue weighted by atomic mass is 10.0.